The second-order valence-corrected chi connectivity index (χ2v) is 1.86. The maximum absolute atomic E-state index is 10.4. The van der Waals surface area contributed by atoms with Gasteiger partial charge in [-0.1, -0.05) is 0 Å². The van der Waals surface area contributed by atoms with Crippen LogP contribution in [-0.4, -0.2) is 24.0 Å². The lowest BCUT2D eigenvalue weighted by Gasteiger charge is -2.09. The van der Waals surface area contributed by atoms with Gasteiger partial charge in [0.2, 0.25) is 0 Å². The van der Waals surface area contributed by atoms with E-state index >= 15 is 0 Å². The third kappa shape index (κ3) is 0.911. The van der Waals surface area contributed by atoms with Crippen molar-refractivity contribution in [2.75, 3.05) is 13.1 Å². The Morgan fingerprint density at radius 1 is 1.75 bits per heavy atom. The highest BCUT2D eigenvalue weighted by molar-refractivity contribution is 5.72. The predicted octanol–water partition coefficient (Wildman–Crippen LogP) is 0.161. The summed E-state index contributed by atoms with van der Waals surface area (Å²) in [6, 6.07) is -0.465. The van der Waals surface area contributed by atoms with Crippen molar-refractivity contribution < 1.29 is 6.17 Å². The van der Waals surface area contributed by atoms with Gasteiger partial charge in [0.25, 0.3) is 0 Å². The molecule has 0 aromatic heterocycles. The van der Waals surface area contributed by atoms with Gasteiger partial charge in [0, 0.05) is 14.4 Å². The Morgan fingerprint density at radius 3 is 2.75 bits per heavy atom. The minimum absolute atomic E-state index is 0.387. The first-order chi connectivity index (χ1) is 4.22. The Morgan fingerprint density at radius 2 is 2.50 bits per heavy atom. The molecule has 0 bridgehead atoms. The van der Waals surface area contributed by atoms with Crippen molar-refractivity contribution in [2.45, 2.75) is 12.8 Å². The minimum atomic E-state index is -0.465. The molecule has 1 saturated heterocycles. The van der Waals surface area contributed by atoms with Crippen molar-refractivity contribution in [3.8, 4) is 0 Å². The average Bonchev–Trinajstić information content (AvgIpc) is 2.13. The van der Waals surface area contributed by atoms with E-state index < -0.39 is 6.03 Å². The number of hydrogen-bond acceptors (Lipinski definition) is 1. The molecule has 1 fully saturated rings. The summed E-state index contributed by atoms with van der Waals surface area (Å²) in [7, 11) is 0. The molecular weight excluding hydrogens is 104 g/mol. The van der Waals surface area contributed by atoms with Crippen molar-refractivity contribution in [2.24, 2.45) is 5.73 Å². The van der Waals surface area contributed by atoms with Crippen LogP contribution in [-0.2, 0) is 0 Å². The molecule has 0 spiro atoms. The Hall–Kier alpha value is -0.730. The highest BCUT2D eigenvalue weighted by atomic mass is 16.2. The maximum Gasteiger partial charge on any atom is 0.314 e. The van der Waals surface area contributed by atoms with E-state index in [-0.39, 0.29) is 6.52 Å². The maximum atomic E-state index is 10.4. The molecule has 2 amide bonds. The quantitative estimate of drug-likeness (QED) is 0.480. The summed E-state index contributed by atoms with van der Waals surface area (Å²) in [6.07, 6.45) is 1.68. The van der Waals surface area contributed by atoms with Gasteiger partial charge >= 0.3 is 6.03 Å². The standard InChI is InChI=1S/C5H10N2O/c6-5(8)7-3-1-2-4-7/h1-4H2,(H2,6,8)/i3D/t3-/m0/s1. The number of nitrogens with two attached hydrogens (primary N) is 1. The molecule has 0 unspecified atom stereocenters. The van der Waals surface area contributed by atoms with Crippen molar-refractivity contribution in [3.63, 3.8) is 0 Å². The van der Waals surface area contributed by atoms with Gasteiger partial charge in [0.15, 0.2) is 0 Å². The zero-order valence-corrected chi connectivity index (χ0v) is 4.63. The molecule has 1 aliphatic rings. The van der Waals surface area contributed by atoms with E-state index in [0.717, 1.165) is 12.8 Å². The predicted molar refractivity (Wildman–Crippen MR) is 30.4 cm³/mol. The molecule has 3 nitrogen and oxygen atoms in total. The van der Waals surface area contributed by atoms with Crippen LogP contribution in [0.5, 0.6) is 0 Å². The van der Waals surface area contributed by atoms with Gasteiger partial charge in [-0.25, -0.2) is 4.79 Å². The molecule has 0 aromatic rings. The number of carbonyl (C=O) groups is 1. The van der Waals surface area contributed by atoms with Crippen LogP contribution in [0.4, 0.5) is 4.79 Å². The number of likely N-dealkylation sites (tertiary alicyclic amines) is 1. The molecule has 0 aliphatic carbocycles. The number of rotatable bonds is 0. The van der Waals surface area contributed by atoms with Gasteiger partial charge in [0.1, 0.15) is 0 Å². The first-order valence-electron chi connectivity index (χ1n) is 3.28. The van der Waals surface area contributed by atoms with Crippen molar-refractivity contribution >= 4 is 6.03 Å². The van der Waals surface area contributed by atoms with Gasteiger partial charge < -0.3 is 10.6 Å². The molecule has 1 atom stereocenters. The largest absolute Gasteiger partial charge is 0.351 e. The number of nitrogens with zero attached hydrogens (tertiary/aromatic N) is 1. The van der Waals surface area contributed by atoms with E-state index in [4.69, 9.17) is 7.10 Å². The van der Waals surface area contributed by atoms with E-state index in [1.807, 2.05) is 0 Å². The molecule has 0 aromatic carbocycles. The van der Waals surface area contributed by atoms with E-state index in [9.17, 15) is 4.79 Å². The Labute approximate surface area is 49.9 Å². The first-order valence-corrected chi connectivity index (χ1v) is 2.70. The lowest BCUT2D eigenvalue weighted by molar-refractivity contribution is 0.218. The van der Waals surface area contributed by atoms with Gasteiger partial charge in [-0.05, 0) is 12.8 Å². The highest BCUT2D eigenvalue weighted by Crippen LogP contribution is 2.05. The van der Waals surface area contributed by atoms with Crippen molar-refractivity contribution in [1.82, 2.24) is 4.90 Å². The summed E-state index contributed by atoms with van der Waals surface area (Å²) in [5, 5.41) is 0. The lowest BCUT2D eigenvalue weighted by atomic mass is 10.4. The number of carbonyl (C=O) groups excluding carboxylic acids is 1. The molecular formula is C5H10N2O. The molecule has 0 radical (unpaired) electrons. The van der Waals surface area contributed by atoms with Crippen LogP contribution < -0.4 is 5.73 Å². The fraction of sp³-hybridized carbons (Fsp3) is 0.800. The molecule has 2 N–H and O–H groups in total. The summed E-state index contributed by atoms with van der Waals surface area (Å²) in [5.41, 5.74) is 4.96. The van der Waals surface area contributed by atoms with E-state index in [1.165, 1.54) is 4.90 Å². The van der Waals surface area contributed by atoms with Crippen LogP contribution in [0, 0.1) is 0 Å². The number of primary amides is 1. The van der Waals surface area contributed by atoms with Gasteiger partial charge in [-0.2, -0.15) is 0 Å². The topological polar surface area (TPSA) is 46.3 Å². The molecule has 0 saturated carbocycles. The smallest absolute Gasteiger partial charge is 0.314 e. The average molecular weight is 115 g/mol. The summed E-state index contributed by atoms with van der Waals surface area (Å²) in [4.78, 5) is 11.8. The van der Waals surface area contributed by atoms with Gasteiger partial charge in [-0.15, -0.1) is 0 Å². The monoisotopic (exact) mass is 115 g/mol. The lowest BCUT2D eigenvalue weighted by Crippen LogP contribution is -2.32. The van der Waals surface area contributed by atoms with Crippen LogP contribution in [0.25, 0.3) is 0 Å². The second kappa shape index (κ2) is 2.03. The van der Waals surface area contributed by atoms with Gasteiger partial charge in [0.05, 0.1) is 0 Å². The number of amides is 2. The Kier molecular flexibility index (Phi) is 1.06. The Bertz CT molecular complexity index is 128. The third-order valence-corrected chi connectivity index (χ3v) is 1.24. The molecule has 46 valence electrons. The number of urea groups is 1. The fourth-order valence-electron chi connectivity index (χ4n) is 0.800. The van der Waals surface area contributed by atoms with Gasteiger partial charge in [-0.3, -0.25) is 0 Å². The fourth-order valence-corrected chi connectivity index (χ4v) is 0.800. The normalized spacial score (nSPS) is 30.2. The minimum Gasteiger partial charge on any atom is -0.351 e. The summed E-state index contributed by atoms with van der Waals surface area (Å²) in [5.74, 6) is 0. The van der Waals surface area contributed by atoms with E-state index in [2.05, 4.69) is 0 Å². The zero-order valence-electron chi connectivity index (χ0n) is 5.63. The van der Waals surface area contributed by atoms with E-state index in [0.29, 0.717) is 6.54 Å². The van der Waals surface area contributed by atoms with Crippen LogP contribution in [0.2, 0.25) is 0 Å². The van der Waals surface area contributed by atoms with Crippen LogP contribution in [0.3, 0.4) is 0 Å². The zero-order chi connectivity index (χ0) is 6.85. The molecule has 1 heterocycles. The first kappa shape index (κ1) is 4.18. The third-order valence-electron chi connectivity index (χ3n) is 1.24. The summed E-state index contributed by atoms with van der Waals surface area (Å²) >= 11 is 0. The van der Waals surface area contributed by atoms with Crippen LogP contribution in [0.1, 0.15) is 14.2 Å². The summed E-state index contributed by atoms with van der Waals surface area (Å²) < 4.78 is 7.24. The van der Waals surface area contributed by atoms with Crippen LogP contribution >= 0.6 is 0 Å². The molecule has 1 aliphatic heterocycles. The molecule has 1 rings (SSSR count). The number of hydrogen-bond donors (Lipinski definition) is 1. The van der Waals surface area contributed by atoms with Crippen molar-refractivity contribution in [3.05, 3.63) is 0 Å². The molecule has 8 heavy (non-hydrogen) atoms. The Balaban J connectivity index is 2.49. The van der Waals surface area contributed by atoms with E-state index in [1.54, 1.807) is 0 Å². The highest BCUT2D eigenvalue weighted by Gasteiger charge is 2.13. The van der Waals surface area contributed by atoms with Crippen molar-refractivity contribution in [1.29, 1.82) is 0 Å². The SMILES string of the molecule is [2H][C@H]1CCCN1C(N)=O. The second-order valence-electron chi connectivity index (χ2n) is 1.86. The van der Waals surface area contributed by atoms with Crippen LogP contribution in [0.15, 0.2) is 0 Å². The summed E-state index contributed by atoms with van der Waals surface area (Å²) in [6.45, 7) is 0.270. The molecule has 3 heteroatoms.